The Labute approximate surface area is 101 Å². The first kappa shape index (κ1) is 12.5. The molecule has 96 valence electrons. The summed E-state index contributed by atoms with van der Waals surface area (Å²) in [7, 11) is 0. The highest BCUT2D eigenvalue weighted by molar-refractivity contribution is 4.92. The van der Waals surface area contributed by atoms with Gasteiger partial charge < -0.3 is 15.5 Å². The predicted molar refractivity (Wildman–Crippen MR) is 62.2 cm³/mol. The highest BCUT2D eigenvalue weighted by atomic mass is 16.3. The molecule has 0 aromatic carbocycles. The Morgan fingerprint density at radius 1 is 1.35 bits per heavy atom. The van der Waals surface area contributed by atoms with Crippen LogP contribution in [-0.4, -0.2) is 44.0 Å². The lowest BCUT2D eigenvalue weighted by Crippen LogP contribution is -2.34. The van der Waals surface area contributed by atoms with Crippen molar-refractivity contribution in [3.8, 4) is 0 Å². The van der Waals surface area contributed by atoms with Gasteiger partial charge in [0.05, 0.1) is 24.9 Å². The van der Waals surface area contributed by atoms with E-state index in [2.05, 4.69) is 15.6 Å². The first-order valence-electron chi connectivity index (χ1n) is 6.19. The van der Waals surface area contributed by atoms with Crippen LogP contribution in [0.2, 0.25) is 0 Å². The number of aromatic nitrogens is 3. The molecule has 6 heteroatoms. The lowest BCUT2D eigenvalue weighted by atomic mass is 9.93. The number of rotatable bonds is 5. The third-order valence-corrected chi connectivity index (χ3v) is 3.18. The fourth-order valence-corrected chi connectivity index (χ4v) is 2.16. The quantitative estimate of drug-likeness (QED) is 0.656. The minimum absolute atomic E-state index is 0.0801. The van der Waals surface area contributed by atoms with Gasteiger partial charge in [-0.15, -0.1) is 5.10 Å². The maximum absolute atomic E-state index is 9.40. The number of aliphatic hydroxyl groups excluding tert-OH is 2. The Morgan fingerprint density at radius 2 is 2.12 bits per heavy atom. The van der Waals surface area contributed by atoms with E-state index in [1.807, 2.05) is 6.20 Å². The molecule has 3 N–H and O–H groups in total. The third-order valence-electron chi connectivity index (χ3n) is 3.18. The topological polar surface area (TPSA) is 83.2 Å². The second-order valence-corrected chi connectivity index (χ2v) is 4.58. The van der Waals surface area contributed by atoms with Crippen LogP contribution in [0.4, 0.5) is 0 Å². The number of hydrogen-bond acceptors (Lipinski definition) is 5. The largest absolute Gasteiger partial charge is 0.394 e. The van der Waals surface area contributed by atoms with Crippen LogP contribution in [0.25, 0.3) is 0 Å². The van der Waals surface area contributed by atoms with Crippen molar-refractivity contribution in [2.24, 2.45) is 0 Å². The van der Waals surface area contributed by atoms with Gasteiger partial charge >= 0.3 is 0 Å². The van der Waals surface area contributed by atoms with Crippen molar-refractivity contribution in [3.05, 3.63) is 11.9 Å². The summed E-state index contributed by atoms with van der Waals surface area (Å²) in [5, 5.41) is 29.5. The van der Waals surface area contributed by atoms with Gasteiger partial charge in [0, 0.05) is 18.8 Å². The monoisotopic (exact) mass is 240 g/mol. The van der Waals surface area contributed by atoms with E-state index in [1.54, 1.807) is 4.68 Å². The summed E-state index contributed by atoms with van der Waals surface area (Å²) in [5.74, 6) is 0. The van der Waals surface area contributed by atoms with Gasteiger partial charge in [-0.1, -0.05) is 5.21 Å². The molecule has 0 aliphatic heterocycles. The second kappa shape index (κ2) is 6.09. The average molecular weight is 240 g/mol. The molecule has 1 saturated carbocycles. The standard InChI is InChI=1S/C11H20N4O2/c16-6-5-15-8-10(13-14-15)7-12-9-1-3-11(17)4-2-9/h8-9,11-12,16-17H,1-7H2. The molecule has 0 spiro atoms. The summed E-state index contributed by atoms with van der Waals surface area (Å²) in [4.78, 5) is 0. The van der Waals surface area contributed by atoms with Crippen molar-refractivity contribution < 1.29 is 10.2 Å². The van der Waals surface area contributed by atoms with Crippen molar-refractivity contribution in [2.45, 2.75) is 50.9 Å². The fourth-order valence-electron chi connectivity index (χ4n) is 2.16. The molecule has 0 amide bonds. The second-order valence-electron chi connectivity index (χ2n) is 4.58. The molecule has 1 aliphatic rings. The van der Waals surface area contributed by atoms with Crippen molar-refractivity contribution in [3.63, 3.8) is 0 Å². The van der Waals surface area contributed by atoms with E-state index >= 15 is 0 Å². The first-order valence-corrected chi connectivity index (χ1v) is 6.19. The minimum Gasteiger partial charge on any atom is -0.394 e. The highest BCUT2D eigenvalue weighted by Crippen LogP contribution is 2.18. The molecule has 1 heterocycles. The minimum atomic E-state index is -0.113. The first-order chi connectivity index (χ1) is 8.28. The van der Waals surface area contributed by atoms with Crippen molar-refractivity contribution in [1.82, 2.24) is 20.3 Å². The van der Waals surface area contributed by atoms with Gasteiger partial charge in [0.1, 0.15) is 0 Å². The van der Waals surface area contributed by atoms with Crippen molar-refractivity contribution in [2.75, 3.05) is 6.61 Å². The lowest BCUT2D eigenvalue weighted by molar-refractivity contribution is 0.116. The van der Waals surface area contributed by atoms with Crippen LogP contribution in [0.5, 0.6) is 0 Å². The molecule has 1 aliphatic carbocycles. The fraction of sp³-hybridized carbons (Fsp3) is 0.818. The molecule has 0 saturated heterocycles. The van der Waals surface area contributed by atoms with E-state index in [1.165, 1.54) is 0 Å². The Kier molecular flexibility index (Phi) is 4.47. The highest BCUT2D eigenvalue weighted by Gasteiger charge is 2.18. The number of hydrogen-bond donors (Lipinski definition) is 3. The van der Waals surface area contributed by atoms with Gasteiger partial charge in [-0.2, -0.15) is 0 Å². The van der Waals surface area contributed by atoms with Crippen LogP contribution in [0.1, 0.15) is 31.4 Å². The average Bonchev–Trinajstić information content (AvgIpc) is 2.77. The Hall–Kier alpha value is -0.980. The molecule has 2 rings (SSSR count). The summed E-state index contributed by atoms with van der Waals surface area (Å²) in [6, 6.07) is 0.474. The molecule has 1 aromatic rings. The van der Waals surface area contributed by atoms with Gasteiger partial charge in [-0.05, 0) is 25.7 Å². The molecule has 1 aromatic heterocycles. The van der Waals surface area contributed by atoms with Crippen molar-refractivity contribution >= 4 is 0 Å². The molecule has 1 fully saturated rings. The molecule has 6 nitrogen and oxygen atoms in total. The number of nitrogens with zero attached hydrogens (tertiary/aromatic N) is 3. The van der Waals surface area contributed by atoms with Crippen LogP contribution in [0.3, 0.4) is 0 Å². The van der Waals surface area contributed by atoms with Gasteiger partial charge in [0.25, 0.3) is 0 Å². The Morgan fingerprint density at radius 3 is 2.82 bits per heavy atom. The molecular formula is C11H20N4O2. The van der Waals surface area contributed by atoms with Crippen LogP contribution in [0, 0.1) is 0 Å². The summed E-state index contributed by atoms with van der Waals surface area (Å²) in [6.07, 6.45) is 5.54. The van der Waals surface area contributed by atoms with Crippen LogP contribution in [-0.2, 0) is 13.1 Å². The summed E-state index contributed by atoms with van der Waals surface area (Å²) in [5.41, 5.74) is 0.893. The Balaban J connectivity index is 1.73. The summed E-state index contributed by atoms with van der Waals surface area (Å²) < 4.78 is 1.64. The van der Waals surface area contributed by atoms with Crippen LogP contribution < -0.4 is 5.32 Å². The summed E-state index contributed by atoms with van der Waals surface area (Å²) in [6.45, 7) is 1.27. The predicted octanol–water partition coefficient (Wildman–Crippen LogP) is -0.337. The van der Waals surface area contributed by atoms with E-state index in [0.29, 0.717) is 19.1 Å². The Bertz CT molecular complexity index is 334. The third kappa shape index (κ3) is 3.76. The summed E-state index contributed by atoms with van der Waals surface area (Å²) >= 11 is 0. The zero-order chi connectivity index (χ0) is 12.1. The van der Waals surface area contributed by atoms with Crippen LogP contribution >= 0.6 is 0 Å². The molecule has 0 radical (unpaired) electrons. The van der Waals surface area contributed by atoms with E-state index in [4.69, 9.17) is 5.11 Å². The normalized spacial score (nSPS) is 25.1. The zero-order valence-corrected chi connectivity index (χ0v) is 9.92. The zero-order valence-electron chi connectivity index (χ0n) is 9.92. The van der Waals surface area contributed by atoms with E-state index in [0.717, 1.165) is 31.4 Å². The van der Waals surface area contributed by atoms with E-state index < -0.39 is 0 Å². The van der Waals surface area contributed by atoms with Gasteiger partial charge in [0.15, 0.2) is 0 Å². The number of aliphatic hydroxyl groups is 2. The maximum atomic E-state index is 9.40. The molecule has 17 heavy (non-hydrogen) atoms. The molecular weight excluding hydrogens is 220 g/mol. The SMILES string of the molecule is OCCn1cc(CNC2CCC(O)CC2)nn1. The molecule has 0 atom stereocenters. The van der Waals surface area contributed by atoms with Crippen molar-refractivity contribution in [1.29, 1.82) is 0 Å². The number of nitrogens with one attached hydrogen (secondary N) is 1. The van der Waals surface area contributed by atoms with Gasteiger partial charge in [-0.25, -0.2) is 4.68 Å². The lowest BCUT2D eigenvalue weighted by Gasteiger charge is -2.25. The van der Waals surface area contributed by atoms with E-state index in [-0.39, 0.29) is 12.7 Å². The van der Waals surface area contributed by atoms with Crippen LogP contribution in [0.15, 0.2) is 6.20 Å². The molecule has 0 bridgehead atoms. The molecule has 0 unspecified atom stereocenters. The maximum Gasteiger partial charge on any atom is 0.0964 e. The van der Waals surface area contributed by atoms with E-state index in [9.17, 15) is 5.11 Å². The van der Waals surface area contributed by atoms with Gasteiger partial charge in [0.2, 0.25) is 0 Å². The van der Waals surface area contributed by atoms with Gasteiger partial charge in [-0.3, -0.25) is 0 Å². The smallest absolute Gasteiger partial charge is 0.0964 e.